The third kappa shape index (κ3) is 4.42. The van der Waals surface area contributed by atoms with Crippen LogP contribution in [0.5, 0.6) is 5.75 Å². The third-order valence-electron chi connectivity index (χ3n) is 2.71. The van der Waals surface area contributed by atoms with E-state index in [1.165, 1.54) is 6.92 Å². The molecule has 0 atom stereocenters. The lowest BCUT2D eigenvalue weighted by molar-refractivity contribution is -0.124. The summed E-state index contributed by atoms with van der Waals surface area (Å²) >= 11 is 4.79. The number of hydrogen-bond acceptors (Lipinski definition) is 4. The number of fused-ring (bicyclic) bond motifs is 1. The molecule has 0 bridgehead atoms. The molecule has 0 aliphatic carbocycles. The van der Waals surface area contributed by atoms with E-state index in [2.05, 4.69) is 16.2 Å². The predicted octanol–water partition coefficient (Wildman–Crippen LogP) is 1.26. The van der Waals surface area contributed by atoms with Gasteiger partial charge in [0.05, 0.1) is 0 Å². The molecule has 0 saturated heterocycles. The van der Waals surface area contributed by atoms with Crippen molar-refractivity contribution in [3.05, 3.63) is 42.5 Å². The second kappa shape index (κ2) is 7.37. The molecule has 0 aliphatic heterocycles. The number of amides is 2. The molecule has 2 aromatic rings. The highest BCUT2D eigenvalue weighted by Crippen LogP contribution is 2.24. The second-order valence-corrected chi connectivity index (χ2v) is 4.86. The van der Waals surface area contributed by atoms with Crippen LogP contribution in [0.3, 0.4) is 0 Å². The van der Waals surface area contributed by atoms with E-state index in [4.69, 9.17) is 17.0 Å². The molecule has 7 heteroatoms. The zero-order chi connectivity index (χ0) is 15.9. The smallest absolute Gasteiger partial charge is 0.276 e. The lowest BCUT2D eigenvalue weighted by atomic mass is 10.1. The van der Waals surface area contributed by atoms with Crippen LogP contribution in [0.2, 0.25) is 0 Å². The van der Waals surface area contributed by atoms with Crippen LogP contribution in [0.15, 0.2) is 42.5 Å². The van der Waals surface area contributed by atoms with Gasteiger partial charge in [0.1, 0.15) is 5.75 Å². The van der Waals surface area contributed by atoms with Gasteiger partial charge in [-0.3, -0.25) is 20.4 Å². The topological polar surface area (TPSA) is 79.5 Å². The van der Waals surface area contributed by atoms with Gasteiger partial charge in [0.15, 0.2) is 11.7 Å². The van der Waals surface area contributed by atoms with Gasteiger partial charge in [0.25, 0.3) is 5.91 Å². The molecule has 0 saturated carbocycles. The molecule has 0 fully saturated rings. The highest BCUT2D eigenvalue weighted by atomic mass is 32.1. The Labute approximate surface area is 132 Å². The predicted molar refractivity (Wildman–Crippen MR) is 87.1 cm³/mol. The number of hydrazine groups is 1. The Morgan fingerprint density at radius 1 is 1.09 bits per heavy atom. The Balaban J connectivity index is 1.88. The van der Waals surface area contributed by atoms with Gasteiger partial charge >= 0.3 is 0 Å². The lowest BCUT2D eigenvalue weighted by Gasteiger charge is -2.11. The quantitative estimate of drug-likeness (QED) is 0.587. The molecule has 2 aromatic carbocycles. The largest absolute Gasteiger partial charge is 0.483 e. The van der Waals surface area contributed by atoms with Gasteiger partial charge in [-0.05, 0) is 23.7 Å². The summed E-state index contributed by atoms with van der Waals surface area (Å²) in [5.41, 5.74) is 4.74. The molecule has 2 rings (SSSR count). The number of benzene rings is 2. The number of carbonyl (C=O) groups excluding carboxylic acids is 2. The van der Waals surface area contributed by atoms with Crippen LogP contribution in [0.1, 0.15) is 6.92 Å². The van der Waals surface area contributed by atoms with Gasteiger partial charge < -0.3 is 10.1 Å². The molecule has 114 valence electrons. The molecular weight excluding hydrogens is 302 g/mol. The van der Waals surface area contributed by atoms with Crippen molar-refractivity contribution in [1.29, 1.82) is 0 Å². The van der Waals surface area contributed by atoms with Gasteiger partial charge in [0.2, 0.25) is 5.91 Å². The fourth-order valence-electron chi connectivity index (χ4n) is 1.82. The highest BCUT2D eigenvalue weighted by Gasteiger charge is 2.06. The van der Waals surface area contributed by atoms with Crippen LogP contribution in [0.4, 0.5) is 0 Å². The normalized spacial score (nSPS) is 9.86. The third-order valence-corrected chi connectivity index (χ3v) is 2.92. The molecule has 0 unspecified atom stereocenters. The highest BCUT2D eigenvalue weighted by molar-refractivity contribution is 7.80. The molecule has 0 aliphatic rings. The molecule has 0 radical (unpaired) electrons. The number of carbonyl (C=O) groups is 2. The molecule has 0 spiro atoms. The summed E-state index contributed by atoms with van der Waals surface area (Å²) in [4.78, 5) is 22.4. The molecule has 0 aromatic heterocycles. The molecule has 6 nitrogen and oxygen atoms in total. The maximum Gasteiger partial charge on any atom is 0.276 e. The number of nitrogens with one attached hydrogen (secondary N) is 3. The van der Waals surface area contributed by atoms with E-state index in [-0.39, 0.29) is 17.6 Å². The second-order valence-electron chi connectivity index (χ2n) is 4.45. The lowest BCUT2D eigenvalue weighted by Crippen LogP contribution is -2.49. The average Bonchev–Trinajstić information content (AvgIpc) is 2.50. The van der Waals surface area contributed by atoms with E-state index in [0.717, 1.165) is 10.8 Å². The van der Waals surface area contributed by atoms with Crippen LogP contribution in [0, 0.1) is 0 Å². The first-order valence-corrected chi connectivity index (χ1v) is 6.94. The van der Waals surface area contributed by atoms with Crippen molar-refractivity contribution in [2.75, 3.05) is 6.61 Å². The Kier molecular flexibility index (Phi) is 5.26. The standard InChI is InChI=1S/C15H15N3O3S/c1-10(19)16-15(22)18-17-14(20)9-21-13-8-4-6-11-5-2-3-7-12(11)13/h2-8H,9H2,1H3,(H,17,20)(H2,16,18,19,22). The summed E-state index contributed by atoms with van der Waals surface area (Å²) < 4.78 is 5.51. The monoisotopic (exact) mass is 317 g/mol. The minimum Gasteiger partial charge on any atom is -0.483 e. The van der Waals surface area contributed by atoms with Crippen molar-refractivity contribution in [2.24, 2.45) is 0 Å². The zero-order valence-corrected chi connectivity index (χ0v) is 12.7. The summed E-state index contributed by atoms with van der Waals surface area (Å²) in [7, 11) is 0. The first-order chi connectivity index (χ1) is 10.6. The van der Waals surface area contributed by atoms with Crippen LogP contribution in [-0.4, -0.2) is 23.5 Å². The Morgan fingerprint density at radius 3 is 2.59 bits per heavy atom. The SMILES string of the molecule is CC(=O)NC(=S)NNC(=O)COc1cccc2ccccc12. The van der Waals surface area contributed by atoms with E-state index in [1.54, 1.807) is 6.07 Å². The zero-order valence-electron chi connectivity index (χ0n) is 11.9. The van der Waals surface area contributed by atoms with Crippen molar-refractivity contribution in [2.45, 2.75) is 6.92 Å². The number of rotatable bonds is 3. The Hall–Kier alpha value is -2.67. The van der Waals surface area contributed by atoms with Crippen LogP contribution >= 0.6 is 12.2 Å². The fourth-order valence-corrected chi connectivity index (χ4v) is 2.01. The fraction of sp³-hybridized carbons (Fsp3) is 0.133. The van der Waals surface area contributed by atoms with Crippen molar-refractivity contribution in [3.63, 3.8) is 0 Å². The Morgan fingerprint density at radius 2 is 1.82 bits per heavy atom. The van der Waals surface area contributed by atoms with E-state index >= 15 is 0 Å². The molecule has 0 heterocycles. The molecule has 22 heavy (non-hydrogen) atoms. The Bertz CT molecular complexity index is 713. The minimum atomic E-state index is -0.416. The summed E-state index contributed by atoms with van der Waals surface area (Å²) in [6.45, 7) is 1.14. The van der Waals surface area contributed by atoms with Crippen LogP contribution < -0.4 is 20.9 Å². The number of thiocarbonyl (C=S) groups is 1. The van der Waals surface area contributed by atoms with Gasteiger partial charge in [0, 0.05) is 12.3 Å². The van der Waals surface area contributed by atoms with Crippen molar-refractivity contribution >= 4 is 39.9 Å². The molecule has 2 amide bonds. The van der Waals surface area contributed by atoms with E-state index in [1.807, 2.05) is 36.4 Å². The van der Waals surface area contributed by atoms with E-state index in [9.17, 15) is 9.59 Å². The number of ether oxygens (including phenoxy) is 1. The van der Waals surface area contributed by atoms with Gasteiger partial charge in [-0.1, -0.05) is 36.4 Å². The van der Waals surface area contributed by atoms with Crippen molar-refractivity contribution in [1.82, 2.24) is 16.2 Å². The van der Waals surface area contributed by atoms with E-state index < -0.39 is 5.91 Å². The first-order valence-electron chi connectivity index (χ1n) is 6.53. The maximum atomic E-state index is 11.7. The minimum absolute atomic E-state index is 0.0195. The van der Waals surface area contributed by atoms with Crippen molar-refractivity contribution < 1.29 is 14.3 Å². The van der Waals surface area contributed by atoms with Crippen LogP contribution in [-0.2, 0) is 9.59 Å². The average molecular weight is 317 g/mol. The van der Waals surface area contributed by atoms with Gasteiger partial charge in [-0.15, -0.1) is 0 Å². The van der Waals surface area contributed by atoms with Gasteiger partial charge in [-0.25, -0.2) is 0 Å². The summed E-state index contributed by atoms with van der Waals surface area (Å²) in [6.07, 6.45) is 0. The van der Waals surface area contributed by atoms with Crippen molar-refractivity contribution in [3.8, 4) is 5.75 Å². The van der Waals surface area contributed by atoms with Gasteiger partial charge in [-0.2, -0.15) is 0 Å². The summed E-state index contributed by atoms with van der Waals surface area (Å²) in [5.74, 6) is -0.114. The summed E-state index contributed by atoms with van der Waals surface area (Å²) in [6, 6.07) is 13.4. The van der Waals surface area contributed by atoms with E-state index in [0.29, 0.717) is 5.75 Å². The number of hydrogen-bond donors (Lipinski definition) is 3. The molecular formula is C15H15N3O3S. The first kappa shape index (κ1) is 15.7. The molecule has 3 N–H and O–H groups in total. The maximum absolute atomic E-state index is 11.7. The van der Waals surface area contributed by atoms with Crippen LogP contribution in [0.25, 0.3) is 10.8 Å². The summed E-state index contributed by atoms with van der Waals surface area (Å²) in [5, 5.41) is 4.30.